The lowest BCUT2D eigenvalue weighted by Gasteiger charge is -2.13. The van der Waals surface area contributed by atoms with Crippen LogP contribution in [-0.4, -0.2) is 11.8 Å². The van der Waals surface area contributed by atoms with Crippen molar-refractivity contribution < 1.29 is 9.59 Å². The number of halogens is 4. The molecule has 0 aromatic heterocycles. The summed E-state index contributed by atoms with van der Waals surface area (Å²) in [6, 6.07) is 9.13. The molecule has 0 saturated heterocycles. The van der Waals surface area contributed by atoms with Gasteiger partial charge in [0.15, 0.2) is 0 Å². The van der Waals surface area contributed by atoms with Gasteiger partial charge in [-0.1, -0.05) is 58.5 Å². The fourth-order valence-corrected chi connectivity index (χ4v) is 3.13. The Morgan fingerprint density at radius 2 is 1.19 bits per heavy atom. The fourth-order valence-electron chi connectivity index (χ4n) is 2.11. The molecule has 1 aliphatic heterocycles. The van der Waals surface area contributed by atoms with Crippen molar-refractivity contribution in [1.29, 1.82) is 0 Å². The first-order chi connectivity index (χ1) is 9.95. The van der Waals surface area contributed by atoms with Gasteiger partial charge in [0.2, 0.25) is 0 Å². The molecule has 0 saturated carbocycles. The first-order valence-corrected chi connectivity index (χ1v) is 7.17. The average Bonchev–Trinajstić information content (AvgIpc) is 2.75. The fraction of sp³-hybridized carbons (Fsp3) is 0. The number of imide groups is 1. The summed E-state index contributed by atoms with van der Waals surface area (Å²) in [7, 11) is 0. The van der Waals surface area contributed by atoms with Crippen LogP contribution >= 0.6 is 46.4 Å². The third-order valence-corrected chi connectivity index (χ3v) is 4.86. The molecule has 1 aliphatic rings. The van der Waals surface area contributed by atoms with Crippen LogP contribution < -0.4 is 4.90 Å². The van der Waals surface area contributed by atoms with Crippen LogP contribution in [0.25, 0.3) is 0 Å². The van der Waals surface area contributed by atoms with Gasteiger partial charge in [-0.05, 0) is 18.2 Å². The number of hydrogen-bond donors (Lipinski definition) is 0. The van der Waals surface area contributed by atoms with Crippen LogP contribution in [0.1, 0.15) is 20.7 Å². The lowest BCUT2D eigenvalue weighted by atomic mass is 10.1. The van der Waals surface area contributed by atoms with Gasteiger partial charge < -0.3 is 0 Å². The van der Waals surface area contributed by atoms with Gasteiger partial charge in [-0.3, -0.25) is 9.59 Å². The molecule has 2 aromatic carbocycles. The lowest BCUT2D eigenvalue weighted by molar-refractivity contribution is 0.0926. The predicted octanol–water partition coefficient (Wildman–Crippen LogP) is 4.90. The highest BCUT2D eigenvalue weighted by Crippen LogP contribution is 2.45. The number of carbonyl (C=O) groups excluding carboxylic acids is 2. The number of benzene rings is 2. The van der Waals surface area contributed by atoms with Crippen LogP contribution in [0.3, 0.4) is 0 Å². The van der Waals surface area contributed by atoms with Crippen LogP contribution in [0, 0.1) is 6.07 Å². The van der Waals surface area contributed by atoms with Gasteiger partial charge in [0.05, 0.1) is 36.9 Å². The lowest BCUT2D eigenvalue weighted by Crippen LogP contribution is -2.29. The Kier molecular flexibility index (Phi) is 3.62. The zero-order valence-corrected chi connectivity index (χ0v) is 13.1. The molecule has 0 N–H and O–H groups in total. The van der Waals surface area contributed by atoms with Crippen molar-refractivity contribution in [3.63, 3.8) is 0 Å². The number of nitrogens with zero attached hydrogens (tertiary/aromatic N) is 1. The molecule has 3 nitrogen and oxygen atoms in total. The topological polar surface area (TPSA) is 37.4 Å². The molecule has 105 valence electrons. The number of amides is 2. The molecule has 0 bridgehead atoms. The molecule has 21 heavy (non-hydrogen) atoms. The number of hydrogen-bond acceptors (Lipinski definition) is 2. The van der Waals surface area contributed by atoms with E-state index < -0.39 is 11.8 Å². The monoisotopic (exact) mass is 358 g/mol. The summed E-state index contributed by atoms with van der Waals surface area (Å²) in [5, 5.41) is -0.258. The van der Waals surface area contributed by atoms with Gasteiger partial charge >= 0.3 is 0 Å². The van der Waals surface area contributed by atoms with Crippen molar-refractivity contribution in [3.8, 4) is 0 Å². The maximum atomic E-state index is 12.5. The standard InChI is InChI=1S/C14H4Cl4NO2/c15-9-7-8(10(16)12(18)11(9)17)14(21)19(13(7)20)6-4-2-1-3-5-6/h2-5H. The number of carbonyl (C=O) groups is 2. The van der Waals surface area contributed by atoms with Crippen molar-refractivity contribution in [3.05, 3.63) is 61.5 Å². The third-order valence-electron chi connectivity index (χ3n) is 3.06. The average molecular weight is 360 g/mol. The van der Waals surface area contributed by atoms with Crippen LogP contribution in [0.4, 0.5) is 5.69 Å². The summed E-state index contributed by atoms with van der Waals surface area (Å²) in [5.41, 5.74) is 0.321. The molecular weight excluding hydrogens is 356 g/mol. The molecule has 0 spiro atoms. The van der Waals surface area contributed by atoms with E-state index in [0.717, 1.165) is 4.90 Å². The van der Waals surface area contributed by atoms with E-state index in [0.29, 0.717) is 5.69 Å². The second kappa shape index (κ2) is 5.18. The van der Waals surface area contributed by atoms with E-state index in [1.54, 1.807) is 24.3 Å². The maximum absolute atomic E-state index is 12.5. The Balaban J connectivity index is 2.27. The van der Waals surface area contributed by atoms with Gasteiger partial charge in [-0.2, -0.15) is 0 Å². The summed E-state index contributed by atoms with van der Waals surface area (Å²) in [4.78, 5) is 26.0. The second-order valence-electron chi connectivity index (χ2n) is 4.21. The minimum Gasteiger partial charge on any atom is -0.268 e. The molecule has 3 rings (SSSR count). The van der Waals surface area contributed by atoms with E-state index >= 15 is 0 Å². The molecule has 1 heterocycles. The minimum atomic E-state index is -0.591. The van der Waals surface area contributed by atoms with E-state index in [-0.39, 0.29) is 31.2 Å². The summed E-state index contributed by atoms with van der Waals surface area (Å²) in [5.74, 6) is -1.18. The van der Waals surface area contributed by atoms with Crippen molar-refractivity contribution in [2.75, 3.05) is 4.90 Å². The molecular formula is C14H4Cl4NO2. The van der Waals surface area contributed by atoms with E-state index in [4.69, 9.17) is 46.4 Å². The summed E-state index contributed by atoms with van der Waals surface area (Å²) in [6.45, 7) is 0. The van der Waals surface area contributed by atoms with Crippen molar-refractivity contribution in [2.45, 2.75) is 0 Å². The Bertz CT molecular complexity index is 743. The smallest absolute Gasteiger partial charge is 0.267 e. The Hall–Kier alpha value is -1.26. The minimum absolute atomic E-state index is 0.0334. The molecule has 1 radical (unpaired) electrons. The Morgan fingerprint density at radius 1 is 0.762 bits per heavy atom. The summed E-state index contributed by atoms with van der Waals surface area (Å²) >= 11 is 24.0. The zero-order valence-electron chi connectivity index (χ0n) is 10.1. The van der Waals surface area contributed by atoms with E-state index in [1.807, 2.05) is 0 Å². The molecule has 0 atom stereocenters. The van der Waals surface area contributed by atoms with Crippen LogP contribution in [0.15, 0.2) is 24.3 Å². The van der Waals surface area contributed by atoms with E-state index in [2.05, 4.69) is 6.07 Å². The second-order valence-corrected chi connectivity index (χ2v) is 5.72. The van der Waals surface area contributed by atoms with Crippen LogP contribution in [0.5, 0.6) is 0 Å². The Morgan fingerprint density at radius 3 is 1.62 bits per heavy atom. The van der Waals surface area contributed by atoms with Gasteiger partial charge in [0, 0.05) is 0 Å². The first kappa shape index (κ1) is 14.7. The highest BCUT2D eigenvalue weighted by Gasteiger charge is 2.42. The quantitative estimate of drug-likeness (QED) is 0.412. The molecule has 7 heteroatoms. The van der Waals surface area contributed by atoms with Gasteiger partial charge in [0.25, 0.3) is 11.8 Å². The highest BCUT2D eigenvalue weighted by molar-refractivity contribution is 6.56. The summed E-state index contributed by atoms with van der Waals surface area (Å²) in [6.07, 6.45) is 0. The van der Waals surface area contributed by atoms with Crippen molar-refractivity contribution in [2.24, 2.45) is 0 Å². The van der Waals surface area contributed by atoms with E-state index in [1.165, 1.54) is 0 Å². The molecule has 0 unspecified atom stereocenters. The van der Waals surface area contributed by atoms with Crippen molar-refractivity contribution >= 4 is 63.9 Å². The van der Waals surface area contributed by atoms with Crippen LogP contribution in [-0.2, 0) is 0 Å². The van der Waals surface area contributed by atoms with Crippen molar-refractivity contribution in [1.82, 2.24) is 0 Å². The predicted molar refractivity (Wildman–Crippen MR) is 82.9 cm³/mol. The van der Waals surface area contributed by atoms with Crippen LogP contribution in [0.2, 0.25) is 20.1 Å². The number of anilines is 1. The molecule has 2 amide bonds. The van der Waals surface area contributed by atoms with Gasteiger partial charge in [-0.25, -0.2) is 4.90 Å². The first-order valence-electron chi connectivity index (χ1n) is 5.66. The maximum Gasteiger partial charge on any atom is 0.267 e. The molecule has 2 aromatic rings. The Labute approximate surface area is 140 Å². The SMILES string of the molecule is O=C1c2c(Cl)c(Cl)c(Cl)c(Cl)c2C(=O)N1c1cc[c]cc1. The van der Waals surface area contributed by atoms with E-state index in [9.17, 15) is 9.59 Å². The zero-order chi connectivity index (χ0) is 15.3. The van der Waals surface area contributed by atoms with Gasteiger partial charge in [-0.15, -0.1) is 0 Å². The highest BCUT2D eigenvalue weighted by atomic mass is 35.5. The largest absolute Gasteiger partial charge is 0.268 e. The molecule has 0 fully saturated rings. The third kappa shape index (κ3) is 2.04. The molecule has 0 aliphatic carbocycles. The summed E-state index contributed by atoms with van der Waals surface area (Å²) < 4.78 is 0. The van der Waals surface area contributed by atoms with Gasteiger partial charge in [0.1, 0.15) is 0 Å². The number of fused-ring (bicyclic) bond motifs is 1. The number of rotatable bonds is 1. The normalized spacial score (nSPS) is 13.8.